The van der Waals surface area contributed by atoms with Crippen molar-refractivity contribution >= 4 is 5.97 Å². The first-order valence-electron chi connectivity index (χ1n) is 6.65. The zero-order valence-electron chi connectivity index (χ0n) is 11.5. The molecule has 3 aromatic rings. The van der Waals surface area contributed by atoms with Crippen LogP contribution in [0.15, 0.2) is 65.3 Å². The van der Waals surface area contributed by atoms with Gasteiger partial charge in [-0.25, -0.2) is 14.2 Å². The van der Waals surface area contributed by atoms with Gasteiger partial charge in [0.1, 0.15) is 24.4 Å². The standard InChI is InChI=1S/C17H12FNO3/c18-14-8-4-7-13(9-14)17(20)22-11-15-10-21-16(19-15)12-5-2-1-3-6-12/h1-10H,11H2. The van der Waals surface area contributed by atoms with Gasteiger partial charge >= 0.3 is 5.97 Å². The summed E-state index contributed by atoms with van der Waals surface area (Å²) in [5.41, 5.74) is 1.49. The van der Waals surface area contributed by atoms with Gasteiger partial charge < -0.3 is 9.15 Å². The Hall–Kier alpha value is -2.95. The highest BCUT2D eigenvalue weighted by molar-refractivity contribution is 5.89. The maximum absolute atomic E-state index is 13.0. The van der Waals surface area contributed by atoms with E-state index in [1.54, 1.807) is 0 Å². The molecule has 0 bridgehead atoms. The van der Waals surface area contributed by atoms with Crippen LogP contribution in [-0.4, -0.2) is 11.0 Å². The van der Waals surface area contributed by atoms with Gasteiger partial charge in [0.25, 0.3) is 0 Å². The Morgan fingerprint density at radius 3 is 2.73 bits per heavy atom. The predicted molar refractivity (Wildman–Crippen MR) is 77.5 cm³/mol. The lowest BCUT2D eigenvalue weighted by Crippen LogP contribution is -2.05. The summed E-state index contributed by atoms with van der Waals surface area (Å²) in [6, 6.07) is 14.7. The molecule has 0 unspecified atom stereocenters. The molecule has 0 aliphatic rings. The second-order valence-corrected chi connectivity index (χ2v) is 4.60. The first-order valence-corrected chi connectivity index (χ1v) is 6.65. The molecule has 22 heavy (non-hydrogen) atoms. The van der Waals surface area contributed by atoms with Crippen LogP contribution < -0.4 is 0 Å². The summed E-state index contributed by atoms with van der Waals surface area (Å²) >= 11 is 0. The van der Waals surface area contributed by atoms with E-state index >= 15 is 0 Å². The minimum atomic E-state index is -0.608. The highest BCUT2D eigenvalue weighted by Gasteiger charge is 2.11. The van der Waals surface area contributed by atoms with E-state index in [1.807, 2.05) is 30.3 Å². The van der Waals surface area contributed by atoms with Crippen molar-refractivity contribution in [2.45, 2.75) is 6.61 Å². The molecular formula is C17H12FNO3. The van der Waals surface area contributed by atoms with Gasteiger partial charge in [0.2, 0.25) is 5.89 Å². The normalized spacial score (nSPS) is 10.4. The molecule has 0 radical (unpaired) electrons. The SMILES string of the molecule is O=C(OCc1coc(-c2ccccc2)n1)c1cccc(F)c1. The Balaban J connectivity index is 1.65. The number of benzene rings is 2. The number of hydrogen-bond acceptors (Lipinski definition) is 4. The van der Waals surface area contributed by atoms with Gasteiger partial charge in [0.15, 0.2) is 0 Å². The number of halogens is 1. The first-order chi connectivity index (χ1) is 10.7. The number of oxazole rings is 1. The average Bonchev–Trinajstić information content (AvgIpc) is 3.02. The summed E-state index contributed by atoms with van der Waals surface area (Å²) in [5, 5.41) is 0. The van der Waals surface area contributed by atoms with Crippen LogP contribution in [0.25, 0.3) is 11.5 Å². The number of hydrogen-bond donors (Lipinski definition) is 0. The number of carbonyl (C=O) groups excluding carboxylic acids is 1. The number of esters is 1. The van der Waals surface area contributed by atoms with Gasteiger partial charge in [-0.15, -0.1) is 0 Å². The van der Waals surface area contributed by atoms with Crippen LogP contribution in [-0.2, 0) is 11.3 Å². The van der Waals surface area contributed by atoms with E-state index in [9.17, 15) is 9.18 Å². The van der Waals surface area contributed by atoms with Crippen LogP contribution in [0.4, 0.5) is 4.39 Å². The number of ether oxygens (including phenoxy) is 1. The lowest BCUT2D eigenvalue weighted by atomic mass is 10.2. The number of nitrogens with zero attached hydrogens (tertiary/aromatic N) is 1. The smallest absolute Gasteiger partial charge is 0.338 e. The maximum atomic E-state index is 13.0. The summed E-state index contributed by atoms with van der Waals surface area (Å²) < 4.78 is 23.5. The van der Waals surface area contributed by atoms with Crippen molar-refractivity contribution in [2.24, 2.45) is 0 Å². The Bertz CT molecular complexity index is 783. The van der Waals surface area contributed by atoms with E-state index in [0.29, 0.717) is 11.6 Å². The highest BCUT2D eigenvalue weighted by atomic mass is 19.1. The summed E-state index contributed by atoms with van der Waals surface area (Å²) in [6.45, 7) is -0.0360. The van der Waals surface area contributed by atoms with Crippen LogP contribution >= 0.6 is 0 Å². The molecule has 5 heteroatoms. The largest absolute Gasteiger partial charge is 0.455 e. The molecule has 1 heterocycles. The van der Waals surface area contributed by atoms with E-state index in [2.05, 4.69) is 4.98 Å². The van der Waals surface area contributed by atoms with Gasteiger partial charge in [0.05, 0.1) is 5.56 Å². The van der Waals surface area contributed by atoms with Crippen LogP contribution in [0, 0.1) is 5.82 Å². The Labute approximate surface area is 126 Å². The van der Waals surface area contributed by atoms with E-state index in [-0.39, 0.29) is 12.2 Å². The Morgan fingerprint density at radius 2 is 1.95 bits per heavy atom. The van der Waals surface area contributed by atoms with Crippen molar-refractivity contribution in [1.82, 2.24) is 4.98 Å². The topological polar surface area (TPSA) is 52.3 Å². The van der Waals surface area contributed by atoms with Gasteiger partial charge in [0, 0.05) is 5.56 Å². The zero-order valence-corrected chi connectivity index (χ0v) is 11.5. The van der Waals surface area contributed by atoms with Crippen molar-refractivity contribution in [1.29, 1.82) is 0 Å². The van der Waals surface area contributed by atoms with Crippen LogP contribution in [0.5, 0.6) is 0 Å². The van der Waals surface area contributed by atoms with Crippen molar-refractivity contribution < 1.29 is 18.3 Å². The molecule has 110 valence electrons. The number of aromatic nitrogens is 1. The molecule has 0 saturated carbocycles. The summed E-state index contributed by atoms with van der Waals surface area (Å²) in [7, 11) is 0. The fourth-order valence-electron chi connectivity index (χ4n) is 1.92. The molecule has 2 aromatic carbocycles. The quantitative estimate of drug-likeness (QED) is 0.687. The summed E-state index contributed by atoms with van der Waals surface area (Å²) in [4.78, 5) is 16.0. The van der Waals surface area contributed by atoms with E-state index in [0.717, 1.165) is 11.6 Å². The van der Waals surface area contributed by atoms with Crippen molar-refractivity contribution in [3.05, 3.63) is 77.9 Å². The van der Waals surface area contributed by atoms with Crippen LogP contribution in [0.1, 0.15) is 16.1 Å². The second-order valence-electron chi connectivity index (χ2n) is 4.60. The third-order valence-electron chi connectivity index (χ3n) is 2.98. The first kappa shape index (κ1) is 14.0. The third-order valence-corrected chi connectivity index (χ3v) is 2.98. The number of carbonyl (C=O) groups is 1. The van der Waals surface area contributed by atoms with Crippen LogP contribution in [0.2, 0.25) is 0 Å². The lowest BCUT2D eigenvalue weighted by molar-refractivity contribution is 0.0467. The molecule has 1 aromatic heterocycles. The molecule has 0 N–H and O–H groups in total. The van der Waals surface area contributed by atoms with Crippen molar-refractivity contribution in [2.75, 3.05) is 0 Å². The fourth-order valence-corrected chi connectivity index (χ4v) is 1.92. The minimum absolute atomic E-state index is 0.0360. The predicted octanol–water partition coefficient (Wildman–Crippen LogP) is 3.84. The Morgan fingerprint density at radius 1 is 1.14 bits per heavy atom. The third kappa shape index (κ3) is 3.20. The molecule has 4 nitrogen and oxygen atoms in total. The summed E-state index contributed by atoms with van der Waals surface area (Å²) in [6.07, 6.45) is 1.43. The van der Waals surface area contributed by atoms with E-state index in [1.165, 1.54) is 24.5 Å². The van der Waals surface area contributed by atoms with Gasteiger partial charge in [-0.3, -0.25) is 0 Å². The molecule has 0 spiro atoms. The average molecular weight is 297 g/mol. The fraction of sp³-hybridized carbons (Fsp3) is 0.0588. The molecule has 0 fully saturated rings. The van der Waals surface area contributed by atoms with Crippen molar-refractivity contribution in [3.8, 4) is 11.5 Å². The maximum Gasteiger partial charge on any atom is 0.338 e. The number of rotatable bonds is 4. The monoisotopic (exact) mass is 297 g/mol. The molecule has 0 aliphatic carbocycles. The molecular weight excluding hydrogens is 285 g/mol. The van der Waals surface area contributed by atoms with Gasteiger partial charge in [-0.1, -0.05) is 24.3 Å². The molecule has 0 amide bonds. The molecule has 3 rings (SSSR count). The van der Waals surface area contributed by atoms with E-state index < -0.39 is 11.8 Å². The zero-order chi connectivity index (χ0) is 15.4. The highest BCUT2D eigenvalue weighted by Crippen LogP contribution is 2.18. The second kappa shape index (κ2) is 6.22. The minimum Gasteiger partial charge on any atom is -0.455 e. The van der Waals surface area contributed by atoms with Gasteiger partial charge in [-0.2, -0.15) is 0 Å². The van der Waals surface area contributed by atoms with Gasteiger partial charge in [-0.05, 0) is 30.3 Å². The van der Waals surface area contributed by atoms with Crippen molar-refractivity contribution in [3.63, 3.8) is 0 Å². The van der Waals surface area contributed by atoms with Crippen LogP contribution in [0.3, 0.4) is 0 Å². The van der Waals surface area contributed by atoms with E-state index in [4.69, 9.17) is 9.15 Å². The molecule has 0 atom stereocenters. The summed E-state index contributed by atoms with van der Waals surface area (Å²) in [5.74, 6) is -0.636. The lowest BCUT2D eigenvalue weighted by Gasteiger charge is -2.02. The molecule has 0 aliphatic heterocycles. The Kier molecular flexibility index (Phi) is 3.96. The molecule has 0 saturated heterocycles.